The van der Waals surface area contributed by atoms with Crippen molar-refractivity contribution in [3.8, 4) is 0 Å². The van der Waals surface area contributed by atoms with Crippen LogP contribution in [0.3, 0.4) is 0 Å². The summed E-state index contributed by atoms with van der Waals surface area (Å²) >= 11 is 5.84. The maximum Gasteiger partial charge on any atom is 0.248 e. The van der Waals surface area contributed by atoms with Gasteiger partial charge < -0.3 is 9.80 Å². The lowest BCUT2D eigenvalue weighted by atomic mass is 10.3. The average molecular weight is 338 g/mol. The fraction of sp³-hybridized carbons (Fsp3) is 0.438. The van der Waals surface area contributed by atoms with E-state index in [1.54, 1.807) is 31.3 Å². The summed E-state index contributed by atoms with van der Waals surface area (Å²) in [6.07, 6.45) is 1.16. The van der Waals surface area contributed by atoms with E-state index < -0.39 is 0 Å². The molecule has 0 radical (unpaired) electrons. The van der Waals surface area contributed by atoms with E-state index in [0.717, 1.165) is 6.42 Å². The van der Waals surface area contributed by atoms with Crippen LogP contribution in [0.4, 0.5) is 5.69 Å². The van der Waals surface area contributed by atoms with Gasteiger partial charge in [0, 0.05) is 24.2 Å². The van der Waals surface area contributed by atoms with E-state index in [9.17, 15) is 14.4 Å². The van der Waals surface area contributed by atoms with Crippen molar-refractivity contribution in [3.63, 3.8) is 0 Å². The Morgan fingerprint density at radius 2 is 1.91 bits per heavy atom. The van der Waals surface area contributed by atoms with Gasteiger partial charge in [-0.05, 0) is 30.7 Å². The quantitative estimate of drug-likeness (QED) is 0.822. The van der Waals surface area contributed by atoms with Crippen LogP contribution in [0, 0.1) is 0 Å². The van der Waals surface area contributed by atoms with E-state index in [4.69, 9.17) is 11.6 Å². The molecule has 1 aromatic carbocycles. The summed E-state index contributed by atoms with van der Waals surface area (Å²) in [6.45, 7) is 2.11. The maximum absolute atomic E-state index is 12.3. The molecule has 1 fully saturated rings. The third-order valence-corrected chi connectivity index (χ3v) is 3.94. The van der Waals surface area contributed by atoms with E-state index in [2.05, 4.69) is 0 Å². The smallest absolute Gasteiger partial charge is 0.248 e. The summed E-state index contributed by atoms with van der Waals surface area (Å²) in [5.41, 5.74) is 0.699. The molecule has 7 heteroatoms. The fourth-order valence-corrected chi connectivity index (χ4v) is 2.48. The Balaban J connectivity index is 1.97. The molecule has 0 unspecified atom stereocenters. The predicted molar refractivity (Wildman–Crippen MR) is 88.1 cm³/mol. The van der Waals surface area contributed by atoms with Crippen LogP contribution in [0.2, 0.25) is 5.02 Å². The van der Waals surface area contributed by atoms with Crippen molar-refractivity contribution >= 4 is 35.0 Å². The SMILES string of the molecule is CCCC(=O)N(C)CC(=O)N1CC(=O)N(c2ccc(Cl)cc2)C1. The van der Waals surface area contributed by atoms with Gasteiger partial charge in [-0.1, -0.05) is 18.5 Å². The number of anilines is 1. The van der Waals surface area contributed by atoms with Crippen molar-refractivity contribution in [2.45, 2.75) is 19.8 Å². The second-order valence-electron chi connectivity index (χ2n) is 5.53. The molecule has 1 saturated heterocycles. The molecular weight excluding hydrogens is 318 g/mol. The van der Waals surface area contributed by atoms with Gasteiger partial charge >= 0.3 is 0 Å². The van der Waals surface area contributed by atoms with Gasteiger partial charge in [0.15, 0.2) is 0 Å². The van der Waals surface area contributed by atoms with E-state index in [0.29, 0.717) is 17.1 Å². The van der Waals surface area contributed by atoms with E-state index in [1.807, 2.05) is 6.92 Å². The number of halogens is 1. The van der Waals surface area contributed by atoms with Gasteiger partial charge in [0.05, 0.1) is 6.54 Å². The highest BCUT2D eigenvalue weighted by Crippen LogP contribution is 2.21. The first-order valence-corrected chi connectivity index (χ1v) is 7.88. The van der Waals surface area contributed by atoms with Crippen LogP contribution in [0.15, 0.2) is 24.3 Å². The molecule has 0 aromatic heterocycles. The van der Waals surface area contributed by atoms with Crippen LogP contribution < -0.4 is 4.90 Å². The van der Waals surface area contributed by atoms with Crippen LogP contribution in [-0.2, 0) is 14.4 Å². The Morgan fingerprint density at radius 3 is 2.52 bits per heavy atom. The molecule has 0 atom stereocenters. The first-order valence-electron chi connectivity index (χ1n) is 7.50. The minimum Gasteiger partial charge on any atom is -0.336 e. The van der Waals surface area contributed by atoms with E-state index in [-0.39, 0.29) is 37.5 Å². The van der Waals surface area contributed by atoms with Crippen molar-refractivity contribution in [3.05, 3.63) is 29.3 Å². The summed E-state index contributed by atoms with van der Waals surface area (Å²) in [7, 11) is 1.60. The first kappa shape index (κ1) is 17.3. The molecule has 1 aromatic rings. The Bertz CT molecular complexity index is 603. The zero-order valence-electron chi connectivity index (χ0n) is 13.3. The van der Waals surface area contributed by atoms with Gasteiger partial charge in [0.1, 0.15) is 13.2 Å². The van der Waals surface area contributed by atoms with Gasteiger partial charge in [-0.2, -0.15) is 0 Å². The molecule has 1 aliphatic rings. The fourth-order valence-electron chi connectivity index (χ4n) is 2.36. The molecule has 1 aliphatic heterocycles. The van der Waals surface area contributed by atoms with Gasteiger partial charge in [-0.25, -0.2) is 0 Å². The number of benzene rings is 1. The lowest BCUT2D eigenvalue weighted by Crippen LogP contribution is -2.40. The molecule has 0 N–H and O–H groups in total. The molecule has 0 spiro atoms. The molecule has 0 saturated carbocycles. The number of nitrogens with zero attached hydrogens (tertiary/aromatic N) is 3. The molecule has 0 aliphatic carbocycles. The van der Waals surface area contributed by atoms with E-state index in [1.165, 1.54) is 14.7 Å². The average Bonchev–Trinajstić information content (AvgIpc) is 2.90. The second kappa shape index (κ2) is 7.46. The van der Waals surface area contributed by atoms with Crippen LogP contribution in [-0.4, -0.2) is 54.3 Å². The monoisotopic (exact) mass is 337 g/mol. The molecule has 0 bridgehead atoms. The Labute approximate surface area is 140 Å². The van der Waals surface area contributed by atoms with Crippen molar-refractivity contribution in [1.29, 1.82) is 0 Å². The summed E-state index contributed by atoms with van der Waals surface area (Å²) in [6, 6.07) is 6.88. The standard InChI is InChI=1S/C16H20ClN3O3/c1-3-4-14(21)18(2)9-15(22)19-10-16(23)20(11-19)13-7-5-12(17)6-8-13/h5-8H,3-4,9-11H2,1-2H3. The highest BCUT2D eigenvalue weighted by Gasteiger charge is 2.32. The number of rotatable bonds is 5. The first-order chi connectivity index (χ1) is 10.9. The van der Waals surface area contributed by atoms with Crippen LogP contribution >= 0.6 is 11.6 Å². The maximum atomic E-state index is 12.3. The number of amides is 3. The topological polar surface area (TPSA) is 60.9 Å². The number of hydrogen-bond acceptors (Lipinski definition) is 3. The number of likely N-dealkylation sites (N-methyl/N-ethyl adjacent to an activating group) is 1. The number of carbonyl (C=O) groups is 3. The van der Waals surface area contributed by atoms with Crippen molar-refractivity contribution in [2.75, 3.05) is 31.7 Å². The van der Waals surface area contributed by atoms with Gasteiger partial charge in [0.2, 0.25) is 17.7 Å². The molecular formula is C16H20ClN3O3. The van der Waals surface area contributed by atoms with Crippen LogP contribution in [0.1, 0.15) is 19.8 Å². The lowest BCUT2D eigenvalue weighted by Gasteiger charge is -2.21. The largest absolute Gasteiger partial charge is 0.336 e. The highest BCUT2D eigenvalue weighted by atomic mass is 35.5. The molecule has 6 nitrogen and oxygen atoms in total. The van der Waals surface area contributed by atoms with Gasteiger partial charge in [-0.15, -0.1) is 0 Å². The number of carbonyl (C=O) groups excluding carboxylic acids is 3. The third-order valence-electron chi connectivity index (χ3n) is 3.69. The lowest BCUT2D eigenvalue weighted by molar-refractivity contribution is -0.139. The molecule has 3 amide bonds. The molecule has 23 heavy (non-hydrogen) atoms. The zero-order chi connectivity index (χ0) is 17.0. The zero-order valence-corrected chi connectivity index (χ0v) is 14.0. The molecule has 124 valence electrons. The molecule has 1 heterocycles. The normalized spacial score (nSPS) is 14.3. The number of hydrogen-bond donors (Lipinski definition) is 0. The summed E-state index contributed by atoms with van der Waals surface area (Å²) < 4.78 is 0. The van der Waals surface area contributed by atoms with Crippen molar-refractivity contribution in [2.24, 2.45) is 0 Å². The minimum atomic E-state index is -0.234. The van der Waals surface area contributed by atoms with Crippen LogP contribution in [0.5, 0.6) is 0 Å². The Kier molecular flexibility index (Phi) is 5.60. The second-order valence-corrected chi connectivity index (χ2v) is 5.97. The Morgan fingerprint density at radius 1 is 1.26 bits per heavy atom. The highest BCUT2D eigenvalue weighted by molar-refractivity contribution is 6.30. The summed E-state index contributed by atoms with van der Waals surface area (Å²) in [5, 5.41) is 0.587. The van der Waals surface area contributed by atoms with Crippen LogP contribution in [0.25, 0.3) is 0 Å². The summed E-state index contributed by atoms with van der Waals surface area (Å²) in [5.74, 6) is -0.453. The van der Waals surface area contributed by atoms with Gasteiger partial charge in [-0.3, -0.25) is 19.3 Å². The minimum absolute atomic E-state index is 0.0133. The summed E-state index contributed by atoms with van der Waals surface area (Å²) in [4.78, 5) is 40.5. The van der Waals surface area contributed by atoms with Crippen molar-refractivity contribution < 1.29 is 14.4 Å². The van der Waals surface area contributed by atoms with Gasteiger partial charge in [0.25, 0.3) is 0 Å². The predicted octanol–water partition coefficient (Wildman–Crippen LogP) is 1.73. The molecule has 2 rings (SSSR count). The van der Waals surface area contributed by atoms with Crippen molar-refractivity contribution in [1.82, 2.24) is 9.80 Å². The van der Waals surface area contributed by atoms with E-state index >= 15 is 0 Å². The third kappa shape index (κ3) is 4.22. The Hall–Kier alpha value is -2.08.